The number of ether oxygens (including phenoxy) is 3. The van der Waals surface area contributed by atoms with Gasteiger partial charge in [0, 0.05) is 0 Å². The van der Waals surface area contributed by atoms with Crippen molar-refractivity contribution in [3.8, 4) is 0 Å². The molecule has 0 saturated carbocycles. The highest BCUT2D eigenvalue weighted by Crippen LogP contribution is 2.51. The van der Waals surface area contributed by atoms with E-state index in [4.69, 9.17) is 40.5 Å². The van der Waals surface area contributed by atoms with Gasteiger partial charge in [0.2, 0.25) is 5.95 Å². The lowest BCUT2D eigenvalue weighted by molar-refractivity contribution is -0.0648. The SMILES string of the molecule is Nc1nc(N)c2ncn([C@@H]3O[C@H](CO)C(F)C3OP(=O)(O)OC[C@H]3O[C@@H](n4cnc5c(N)ncnc54)C(O)C3OC[P+](=O)O)c2n1. The molecule has 248 valence electrons. The molecule has 0 aromatic carbocycles. The lowest BCUT2D eigenvalue weighted by Crippen LogP contribution is -2.37. The minimum Gasteiger partial charge on any atom is -0.394 e. The van der Waals surface area contributed by atoms with Crippen LogP contribution in [0.25, 0.3) is 22.3 Å². The number of phosphoric acid groups is 1. The summed E-state index contributed by atoms with van der Waals surface area (Å²) < 4.78 is 69.5. The lowest BCUT2D eigenvalue weighted by Gasteiger charge is -2.24. The third-order valence-corrected chi connectivity index (χ3v) is 8.54. The number of aliphatic hydroxyl groups is 2. The van der Waals surface area contributed by atoms with Gasteiger partial charge in [-0.05, 0) is 4.57 Å². The summed E-state index contributed by atoms with van der Waals surface area (Å²) in [4.78, 5) is 43.8. The van der Waals surface area contributed by atoms with Crippen molar-refractivity contribution in [1.29, 1.82) is 0 Å². The number of hydrogen-bond acceptors (Lipinski definition) is 18. The smallest absolute Gasteiger partial charge is 0.394 e. The number of imidazole rings is 2. The summed E-state index contributed by atoms with van der Waals surface area (Å²) in [5.74, 6) is -0.290. The van der Waals surface area contributed by atoms with Crippen LogP contribution in [0.2, 0.25) is 0 Å². The zero-order valence-electron chi connectivity index (χ0n) is 23.2. The van der Waals surface area contributed by atoms with Crippen molar-refractivity contribution in [2.24, 2.45) is 0 Å². The minimum absolute atomic E-state index is 0.0104. The number of aromatic nitrogens is 8. The number of rotatable bonds is 11. The summed E-state index contributed by atoms with van der Waals surface area (Å²) in [6.07, 6.45) is -9.72. The molecular weight excluding hydrogens is 663 g/mol. The number of alkyl halides is 1. The molecule has 6 unspecified atom stereocenters. The number of fused-ring (bicyclic) bond motifs is 2. The summed E-state index contributed by atoms with van der Waals surface area (Å²) in [5, 5.41) is 20.7. The highest BCUT2D eigenvalue weighted by Gasteiger charge is 2.52. The molecule has 25 heteroatoms. The van der Waals surface area contributed by atoms with Crippen LogP contribution in [-0.4, -0.2) is 115 Å². The number of halogens is 1. The van der Waals surface area contributed by atoms with Crippen LogP contribution in [0.1, 0.15) is 12.5 Å². The van der Waals surface area contributed by atoms with Gasteiger partial charge in [-0.25, -0.2) is 28.9 Å². The molecule has 0 spiro atoms. The first-order valence-electron chi connectivity index (χ1n) is 13.2. The van der Waals surface area contributed by atoms with Gasteiger partial charge >= 0.3 is 15.9 Å². The highest BCUT2D eigenvalue weighted by molar-refractivity contribution is 7.47. The van der Waals surface area contributed by atoms with Gasteiger partial charge in [0.05, 0.1) is 25.9 Å². The molecule has 6 heterocycles. The second-order valence-corrected chi connectivity index (χ2v) is 12.4. The number of nitrogens with zero attached hydrogens (tertiary/aromatic N) is 8. The molecule has 2 aliphatic heterocycles. The Hall–Kier alpha value is -3.60. The van der Waals surface area contributed by atoms with E-state index in [9.17, 15) is 29.1 Å². The molecule has 2 aliphatic rings. The van der Waals surface area contributed by atoms with E-state index in [0.29, 0.717) is 0 Å². The molecule has 4 aromatic heterocycles. The Labute approximate surface area is 256 Å². The largest absolute Gasteiger partial charge is 0.534 e. The Morgan fingerprint density at radius 3 is 2.35 bits per heavy atom. The van der Waals surface area contributed by atoms with Crippen LogP contribution in [0, 0.1) is 0 Å². The number of phosphoric ester groups is 1. The van der Waals surface area contributed by atoms with Gasteiger partial charge in [-0.1, -0.05) is 0 Å². The fraction of sp³-hybridized carbons (Fsp3) is 0.524. The van der Waals surface area contributed by atoms with Gasteiger partial charge in [-0.3, -0.25) is 18.2 Å². The van der Waals surface area contributed by atoms with Gasteiger partial charge in [0.15, 0.2) is 41.6 Å². The zero-order valence-corrected chi connectivity index (χ0v) is 25.0. The fourth-order valence-electron chi connectivity index (χ4n) is 5.17. The minimum atomic E-state index is -5.19. The molecule has 22 nitrogen and oxygen atoms in total. The molecule has 0 amide bonds. The van der Waals surface area contributed by atoms with Gasteiger partial charge in [-0.2, -0.15) is 14.9 Å². The predicted octanol–water partition coefficient (Wildman–Crippen LogP) is -1.52. The third-order valence-electron chi connectivity index (χ3n) is 7.19. The van der Waals surface area contributed by atoms with Crippen LogP contribution in [0.4, 0.5) is 22.0 Å². The Balaban J connectivity index is 1.22. The molecule has 10 atom stereocenters. The summed E-state index contributed by atoms with van der Waals surface area (Å²) in [6, 6.07) is 0. The first kappa shape index (κ1) is 32.3. The quantitative estimate of drug-likeness (QED) is 0.0878. The number of anilines is 3. The van der Waals surface area contributed by atoms with Gasteiger partial charge in [-0.15, -0.1) is 0 Å². The van der Waals surface area contributed by atoms with Gasteiger partial charge < -0.3 is 46.5 Å². The molecule has 46 heavy (non-hydrogen) atoms. The van der Waals surface area contributed by atoms with E-state index in [1.807, 2.05) is 0 Å². The Bertz CT molecular complexity index is 1820. The van der Waals surface area contributed by atoms with E-state index in [1.54, 1.807) is 0 Å². The molecule has 0 bridgehead atoms. The van der Waals surface area contributed by atoms with Crippen LogP contribution < -0.4 is 17.2 Å². The third kappa shape index (κ3) is 5.98. The van der Waals surface area contributed by atoms with Crippen LogP contribution in [-0.2, 0) is 32.4 Å². The molecule has 2 fully saturated rings. The Morgan fingerprint density at radius 2 is 1.65 bits per heavy atom. The number of aliphatic hydroxyl groups excluding tert-OH is 2. The zero-order chi connectivity index (χ0) is 32.9. The standard InChI is InChI=1S/C21H26FN11O11P2/c22-9-7(1-34)42-20(33-5-29-11-16(24)30-21(25)31-18(11)33)14(9)44-46(38,39)41-2-8-13(40-6-45(36)37)12(35)19(43-8)32-4-28-10-15(23)26-3-27-17(10)32/h3-5,7-9,12-14,19-20,34-35H,1-2,6H2,(H7-,23,24,25,26,27,30,31,36,37,38,39)/p+1/t7-,8-,9?,12?,13?,14?,19-,20-/m1/s1. The number of hydrogen-bond donors (Lipinski definition) is 7. The summed E-state index contributed by atoms with van der Waals surface area (Å²) in [7, 11) is -8.01. The van der Waals surface area contributed by atoms with Gasteiger partial charge in [0.1, 0.15) is 47.9 Å². The van der Waals surface area contributed by atoms with Crippen molar-refractivity contribution in [2.45, 2.75) is 49.1 Å². The van der Waals surface area contributed by atoms with E-state index >= 15 is 4.39 Å². The molecule has 10 N–H and O–H groups in total. The van der Waals surface area contributed by atoms with Crippen LogP contribution >= 0.6 is 15.9 Å². The van der Waals surface area contributed by atoms with Crippen molar-refractivity contribution < 1.29 is 56.8 Å². The summed E-state index contributed by atoms with van der Waals surface area (Å²) in [6.45, 7) is -1.62. The normalized spacial score (nSPS) is 29.9. The van der Waals surface area contributed by atoms with Gasteiger partial charge in [0.25, 0.3) is 6.35 Å². The monoisotopic (exact) mass is 690 g/mol. The predicted molar refractivity (Wildman–Crippen MR) is 150 cm³/mol. The van der Waals surface area contributed by atoms with Crippen molar-refractivity contribution in [2.75, 3.05) is 36.8 Å². The van der Waals surface area contributed by atoms with Crippen LogP contribution in [0.3, 0.4) is 0 Å². The molecule has 6 rings (SSSR count). The van der Waals surface area contributed by atoms with E-state index in [-0.39, 0.29) is 39.9 Å². The van der Waals surface area contributed by atoms with Crippen molar-refractivity contribution in [1.82, 2.24) is 39.0 Å². The Morgan fingerprint density at radius 1 is 0.978 bits per heavy atom. The second-order valence-electron chi connectivity index (χ2n) is 10.1. The fourth-order valence-corrected chi connectivity index (χ4v) is 6.39. The highest BCUT2D eigenvalue weighted by atomic mass is 31.2. The average Bonchev–Trinajstić information content (AvgIpc) is 3.76. The summed E-state index contributed by atoms with van der Waals surface area (Å²) in [5.41, 5.74) is 17.8. The van der Waals surface area contributed by atoms with Crippen LogP contribution in [0.15, 0.2) is 19.0 Å². The molecule has 0 radical (unpaired) electrons. The first-order chi connectivity index (χ1) is 21.9. The van der Waals surface area contributed by atoms with E-state index < -0.39 is 84.6 Å². The number of nitrogens with two attached hydrogens (primary N) is 3. The maximum absolute atomic E-state index is 15.4. The van der Waals surface area contributed by atoms with E-state index in [1.165, 1.54) is 10.9 Å². The lowest BCUT2D eigenvalue weighted by atomic mass is 10.1. The first-order valence-corrected chi connectivity index (χ1v) is 16.1. The van der Waals surface area contributed by atoms with E-state index in [2.05, 4.69) is 29.9 Å². The number of nitrogen functional groups attached to an aromatic ring is 3. The maximum atomic E-state index is 15.4. The topological polar surface area (TPSA) is 326 Å². The van der Waals surface area contributed by atoms with Crippen molar-refractivity contribution >= 4 is 55.8 Å². The molecule has 0 aliphatic carbocycles. The maximum Gasteiger partial charge on any atom is 0.534 e. The van der Waals surface area contributed by atoms with E-state index in [0.717, 1.165) is 17.2 Å². The van der Waals surface area contributed by atoms with Crippen LogP contribution in [0.5, 0.6) is 0 Å². The second kappa shape index (κ2) is 12.5. The van der Waals surface area contributed by atoms with Crippen molar-refractivity contribution in [3.63, 3.8) is 0 Å². The molecule has 2 saturated heterocycles. The molecule has 4 aromatic rings. The summed E-state index contributed by atoms with van der Waals surface area (Å²) >= 11 is 0. The molecular formula is C21H27FN11O11P2+. The van der Waals surface area contributed by atoms with Crippen molar-refractivity contribution in [3.05, 3.63) is 19.0 Å². The Kier molecular flexibility index (Phi) is 8.82. The average molecular weight is 690 g/mol.